The van der Waals surface area contributed by atoms with Crippen molar-refractivity contribution in [3.8, 4) is 0 Å². The molecule has 0 saturated heterocycles. The lowest BCUT2D eigenvalue weighted by molar-refractivity contribution is 0.248. The second kappa shape index (κ2) is 6.90. The van der Waals surface area contributed by atoms with Gasteiger partial charge in [0, 0.05) is 25.6 Å². The topological polar surface area (TPSA) is 58.0 Å². The van der Waals surface area contributed by atoms with Crippen molar-refractivity contribution in [3.63, 3.8) is 0 Å². The molecule has 0 spiro atoms. The van der Waals surface area contributed by atoms with Gasteiger partial charge in [0.1, 0.15) is 16.8 Å². The Labute approximate surface area is 114 Å². The van der Waals surface area contributed by atoms with Crippen LogP contribution in [-0.2, 0) is 6.42 Å². The highest BCUT2D eigenvalue weighted by molar-refractivity contribution is 6.29. The van der Waals surface area contributed by atoms with Gasteiger partial charge in [-0.15, -0.1) is 0 Å². The normalized spacial score (nSPS) is 11.6. The first kappa shape index (κ1) is 15.2. The summed E-state index contributed by atoms with van der Waals surface area (Å²) in [6.45, 7) is 7.37. The highest BCUT2D eigenvalue weighted by Crippen LogP contribution is 2.23. The van der Waals surface area contributed by atoms with E-state index in [-0.39, 0.29) is 12.0 Å². The highest BCUT2D eigenvalue weighted by Gasteiger charge is 2.17. The first-order chi connectivity index (χ1) is 8.46. The lowest BCUT2D eigenvalue weighted by atomic mass is 9.88. The molecular formula is C13H22ClN3O. The number of hydrogen-bond donors (Lipinski definition) is 2. The number of nitrogens with one attached hydrogen (secondary N) is 1. The van der Waals surface area contributed by atoms with Crippen molar-refractivity contribution in [1.29, 1.82) is 0 Å². The highest BCUT2D eigenvalue weighted by atomic mass is 35.5. The molecule has 18 heavy (non-hydrogen) atoms. The van der Waals surface area contributed by atoms with Crippen molar-refractivity contribution < 1.29 is 5.11 Å². The van der Waals surface area contributed by atoms with Crippen molar-refractivity contribution in [2.45, 2.75) is 40.0 Å². The van der Waals surface area contributed by atoms with E-state index < -0.39 is 0 Å². The minimum atomic E-state index is 0.118. The Bertz CT molecular complexity index is 382. The zero-order valence-corrected chi connectivity index (χ0v) is 12.1. The molecule has 0 bridgehead atoms. The number of aliphatic hydroxyl groups is 1. The molecule has 1 rings (SSSR count). The number of anilines is 1. The second-order valence-corrected chi connectivity index (χ2v) is 5.58. The van der Waals surface area contributed by atoms with Crippen LogP contribution in [0.4, 0.5) is 5.82 Å². The molecule has 0 saturated carbocycles. The molecule has 2 N–H and O–H groups in total. The molecule has 5 heteroatoms. The minimum absolute atomic E-state index is 0.118. The summed E-state index contributed by atoms with van der Waals surface area (Å²) in [4.78, 5) is 8.51. The summed E-state index contributed by atoms with van der Waals surface area (Å²) in [5.41, 5.74) is 0.118. The van der Waals surface area contributed by atoms with E-state index in [0.717, 1.165) is 37.4 Å². The third-order valence-electron chi connectivity index (χ3n) is 2.82. The Balaban J connectivity index is 2.59. The number of rotatable bonds is 7. The van der Waals surface area contributed by atoms with E-state index in [4.69, 9.17) is 16.7 Å². The number of nitrogens with zero attached hydrogens (tertiary/aromatic N) is 2. The molecule has 1 heterocycles. The van der Waals surface area contributed by atoms with Crippen molar-refractivity contribution in [2.24, 2.45) is 5.41 Å². The molecule has 1 aromatic heterocycles. The molecule has 1 aromatic rings. The summed E-state index contributed by atoms with van der Waals surface area (Å²) in [5.74, 6) is 1.52. The largest absolute Gasteiger partial charge is 0.396 e. The molecule has 0 atom stereocenters. The van der Waals surface area contributed by atoms with Crippen LogP contribution in [0.25, 0.3) is 0 Å². The number of aromatic nitrogens is 2. The summed E-state index contributed by atoms with van der Waals surface area (Å²) < 4.78 is 0. The SMILES string of the molecule is CCc1nc(Cl)cc(NCC(C)(C)CCCO)n1. The van der Waals surface area contributed by atoms with Gasteiger partial charge < -0.3 is 10.4 Å². The average Bonchev–Trinajstić information content (AvgIpc) is 2.33. The Morgan fingerprint density at radius 2 is 2.11 bits per heavy atom. The van der Waals surface area contributed by atoms with Gasteiger partial charge >= 0.3 is 0 Å². The van der Waals surface area contributed by atoms with Crippen LogP contribution in [0.1, 0.15) is 39.4 Å². The number of halogens is 1. The first-order valence-corrected chi connectivity index (χ1v) is 6.73. The second-order valence-electron chi connectivity index (χ2n) is 5.19. The Morgan fingerprint density at radius 1 is 1.39 bits per heavy atom. The summed E-state index contributed by atoms with van der Waals surface area (Å²) in [6, 6.07) is 1.74. The Kier molecular flexibility index (Phi) is 5.82. The van der Waals surface area contributed by atoms with Crippen LogP contribution in [0.3, 0.4) is 0 Å². The monoisotopic (exact) mass is 271 g/mol. The van der Waals surface area contributed by atoms with Crippen molar-refractivity contribution in [2.75, 3.05) is 18.5 Å². The third kappa shape index (κ3) is 5.19. The molecule has 0 radical (unpaired) electrons. The van der Waals surface area contributed by atoms with Gasteiger partial charge in [0.2, 0.25) is 0 Å². The summed E-state index contributed by atoms with van der Waals surface area (Å²) in [7, 11) is 0. The van der Waals surface area contributed by atoms with Gasteiger partial charge in [0.25, 0.3) is 0 Å². The van der Waals surface area contributed by atoms with Crippen LogP contribution in [0.2, 0.25) is 5.15 Å². The maximum Gasteiger partial charge on any atom is 0.134 e. The van der Waals surface area contributed by atoms with Gasteiger partial charge in [-0.05, 0) is 18.3 Å². The van der Waals surface area contributed by atoms with Gasteiger partial charge in [-0.2, -0.15) is 0 Å². The van der Waals surface area contributed by atoms with Crippen LogP contribution >= 0.6 is 11.6 Å². The predicted molar refractivity (Wildman–Crippen MR) is 75.0 cm³/mol. The molecule has 0 fully saturated rings. The fourth-order valence-electron chi connectivity index (χ4n) is 1.69. The van der Waals surface area contributed by atoms with Crippen molar-refractivity contribution in [3.05, 3.63) is 17.0 Å². The Hall–Kier alpha value is -0.870. The zero-order valence-electron chi connectivity index (χ0n) is 11.3. The number of aryl methyl sites for hydroxylation is 1. The lowest BCUT2D eigenvalue weighted by Gasteiger charge is -2.25. The molecule has 0 amide bonds. The van der Waals surface area contributed by atoms with Gasteiger partial charge in [-0.25, -0.2) is 9.97 Å². The van der Waals surface area contributed by atoms with E-state index in [1.165, 1.54) is 0 Å². The van der Waals surface area contributed by atoms with E-state index in [9.17, 15) is 0 Å². The molecular weight excluding hydrogens is 250 g/mol. The van der Waals surface area contributed by atoms with Crippen LogP contribution in [0.15, 0.2) is 6.07 Å². The fraction of sp³-hybridized carbons (Fsp3) is 0.692. The average molecular weight is 272 g/mol. The molecule has 102 valence electrons. The molecule has 4 nitrogen and oxygen atoms in total. The number of hydrogen-bond acceptors (Lipinski definition) is 4. The summed E-state index contributed by atoms with van der Waals surface area (Å²) in [6.07, 6.45) is 2.55. The van der Waals surface area contributed by atoms with Crippen LogP contribution in [0, 0.1) is 5.41 Å². The molecule has 0 unspecified atom stereocenters. The van der Waals surface area contributed by atoms with E-state index in [1.807, 2.05) is 6.92 Å². The molecule has 0 aliphatic carbocycles. The quantitative estimate of drug-likeness (QED) is 0.749. The smallest absolute Gasteiger partial charge is 0.134 e. The summed E-state index contributed by atoms with van der Waals surface area (Å²) in [5, 5.41) is 12.6. The lowest BCUT2D eigenvalue weighted by Crippen LogP contribution is -2.24. The van der Waals surface area contributed by atoms with Gasteiger partial charge in [0.05, 0.1) is 0 Å². The van der Waals surface area contributed by atoms with Crippen molar-refractivity contribution in [1.82, 2.24) is 9.97 Å². The maximum absolute atomic E-state index is 8.86. The third-order valence-corrected chi connectivity index (χ3v) is 3.01. The van der Waals surface area contributed by atoms with Crippen LogP contribution in [-0.4, -0.2) is 28.2 Å². The van der Waals surface area contributed by atoms with Crippen LogP contribution in [0.5, 0.6) is 0 Å². The molecule has 0 aliphatic heterocycles. The van der Waals surface area contributed by atoms with E-state index in [1.54, 1.807) is 6.07 Å². The Morgan fingerprint density at radius 3 is 2.72 bits per heavy atom. The van der Waals surface area contributed by atoms with E-state index >= 15 is 0 Å². The van der Waals surface area contributed by atoms with Crippen molar-refractivity contribution >= 4 is 17.4 Å². The standard InChI is InChI=1S/C13H22ClN3O/c1-4-11-16-10(14)8-12(17-11)15-9-13(2,3)6-5-7-18/h8,18H,4-7,9H2,1-3H3,(H,15,16,17). The summed E-state index contributed by atoms with van der Waals surface area (Å²) >= 11 is 5.94. The fourth-order valence-corrected chi connectivity index (χ4v) is 1.89. The minimum Gasteiger partial charge on any atom is -0.396 e. The number of aliphatic hydroxyl groups excluding tert-OH is 1. The van der Waals surface area contributed by atoms with Gasteiger partial charge in [0.15, 0.2) is 0 Å². The molecule has 0 aliphatic rings. The van der Waals surface area contributed by atoms with Gasteiger partial charge in [-0.1, -0.05) is 32.4 Å². The first-order valence-electron chi connectivity index (χ1n) is 6.35. The van der Waals surface area contributed by atoms with Crippen LogP contribution < -0.4 is 5.32 Å². The zero-order chi connectivity index (χ0) is 13.6. The predicted octanol–water partition coefficient (Wildman–Crippen LogP) is 2.90. The maximum atomic E-state index is 8.86. The van der Waals surface area contributed by atoms with Gasteiger partial charge in [-0.3, -0.25) is 0 Å². The van der Waals surface area contributed by atoms with E-state index in [2.05, 4.69) is 29.1 Å². The van der Waals surface area contributed by atoms with E-state index in [0.29, 0.717) is 5.15 Å². The molecule has 0 aromatic carbocycles.